The maximum absolute atomic E-state index is 12.4. The highest BCUT2D eigenvalue weighted by Gasteiger charge is 2.16. The molecule has 2 aromatic rings. The number of nitrogens with zero attached hydrogens (tertiary/aromatic N) is 1. The molecule has 0 unspecified atom stereocenters. The third-order valence-electron chi connectivity index (χ3n) is 3.91. The van der Waals surface area contributed by atoms with Crippen LogP contribution in [0.15, 0.2) is 42.5 Å². The number of rotatable bonds is 5. The average molecular weight is 325 g/mol. The highest BCUT2D eigenvalue weighted by atomic mass is 16.2. The second kappa shape index (κ2) is 7.75. The van der Waals surface area contributed by atoms with Gasteiger partial charge in [0.1, 0.15) is 0 Å². The quantitative estimate of drug-likeness (QED) is 0.887. The van der Waals surface area contributed by atoms with Gasteiger partial charge in [-0.1, -0.05) is 30.3 Å². The Kier molecular flexibility index (Phi) is 5.71. The number of carbonyl (C=O) groups excluding carboxylic acids is 2. The largest absolute Gasteiger partial charge is 0.332 e. The summed E-state index contributed by atoms with van der Waals surface area (Å²) in [6, 6.07) is 12.9. The van der Waals surface area contributed by atoms with Gasteiger partial charge in [-0.15, -0.1) is 0 Å². The van der Waals surface area contributed by atoms with Crippen LogP contribution in [0.5, 0.6) is 0 Å². The minimum Gasteiger partial charge on any atom is -0.332 e. The Morgan fingerprint density at radius 3 is 2.17 bits per heavy atom. The van der Waals surface area contributed by atoms with Gasteiger partial charge in [-0.3, -0.25) is 9.59 Å². The zero-order valence-electron chi connectivity index (χ0n) is 14.3. The van der Waals surface area contributed by atoms with E-state index in [1.54, 1.807) is 19.2 Å². The van der Waals surface area contributed by atoms with Gasteiger partial charge in [0, 0.05) is 24.8 Å². The number of benzene rings is 2. The van der Waals surface area contributed by atoms with E-state index in [1.165, 1.54) is 4.90 Å². The first-order valence-corrected chi connectivity index (χ1v) is 7.83. The molecular formula is C19H23N3O2. The number of para-hydroxylation sites is 1. The summed E-state index contributed by atoms with van der Waals surface area (Å²) >= 11 is 0. The summed E-state index contributed by atoms with van der Waals surface area (Å²) in [6.07, 6.45) is 0. The first kappa shape index (κ1) is 17.7. The SMILES string of the molecule is Cc1cccc(C)c1NC(=O)CN(C)C(=O)c1ccc(CN)cc1. The molecule has 0 heterocycles. The molecule has 0 atom stereocenters. The van der Waals surface area contributed by atoms with Crippen LogP contribution in [0, 0.1) is 13.8 Å². The van der Waals surface area contributed by atoms with Crippen LogP contribution in [0.3, 0.4) is 0 Å². The van der Waals surface area contributed by atoms with Gasteiger partial charge < -0.3 is 16.0 Å². The molecule has 0 radical (unpaired) electrons. The minimum atomic E-state index is -0.221. The molecule has 0 saturated carbocycles. The van der Waals surface area contributed by atoms with Crippen LogP contribution in [0.25, 0.3) is 0 Å². The van der Waals surface area contributed by atoms with Crippen LogP contribution < -0.4 is 11.1 Å². The molecule has 0 fully saturated rings. The average Bonchev–Trinajstić information content (AvgIpc) is 2.57. The number of nitrogens with two attached hydrogens (primary N) is 1. The van der Waals surface area contributed by atoms with Crippen LogP contribution in [0.4, 0.5) is 5.69 Å². The van der Waals surface area contributed by atoms with Gasteiger partial charge in [0.25, 0.3) is 5.91 Å². The van der Waals surface area contributed by atoms with Crippen LogP contribution >= 0.6 is 0 Å². The lowest BCUT2D eigenvalue weighted by Gasteiger charge is -2.18. The fourth-order valence-corrected chi connectivity index (χ4v) is 2.48. The van der Waals surface area contributed by atoms with Crippen molar-refractivity contribution in [2.24, 2.45) is 5.73 Å². The van der Waals surface area contributed by atoms with Crippen LogP contribution in [-0.4, -0.2) is 30.3 Å². The van der Waals surface area contributed by atoms with E-state index in [0.29, 0.717) is 12.1 Å². The van der Waals surface area contributed by atoms with Crippen molar-refractivity contribution in [2.45, 2.75) is 20.4 Å². The minimum absolute atomic E-state index is 0.00868. The maximum Gasteiger partial charge on any atom is 0.254 e. The molecule has 0 bridgehead atoms. The summed E-state index contributed by atoms with van der Waals surface area (Å²) in [5.41, 5.74) is 9.84. The molecule has 126 valence electrons. The summed E-state index contributed by atoms with van der Waals surface area (Å²) in [4.78, 5) is 26.0. The van der Waals surface area contributed by atoms with Crippen molar-refractivity contribution in [1.29, 1.82) is 0 Å². The van der Waals surface area contributed by atoms with Gasteiger partial charge in [-0.25, -0.2) is 0 Å². The monoisotopic (exact) mass is 325 g/mol. The van der Waals surface area contributed by atoms with Crippen molar-refractivity contribution < 1.29 is 9.59 Å². The first-order chi connectivity index (χ1) is 11.4. The number of nitrogens with one attached hydrogen (secondary N) is 1. The summed E-state index contributed by atoms with van der Waals surface area (Å²) in [6.45, 7) is 4.31. The predicted molar refractivity (Wildman–Crippen MR) is 95.8 cm³/mol. The summed E-state index contributed by atoms with van der Waals surface area (Å²) < 4.78 is 0. The van der Waals surface area contributed by atoms with Crippen molar-refractivity contribution in [2.75, 3.05) is 18.9 Å². The van der Waals surface area contributed by atoms with Crippen molar-refractivity contribution >= 4 is 17.5 Å². The first-order valence-electron chi connectivity index (χ1n) is 7.83. The molecule has 2 rings (SSSR count). The fraction of sp³-hybridized carbons (Fsp3) is 0.263. The Bertz CT molecular complexity index is 719. The molecule has 0 aromatic heterocycles. The summed E-state index contributed by atoms with van der Waals surface area (Å²) in [7, 11) is 1.61. The molecule has 0 aliphatic carbocycles. The van der Waals surface area contributed by atoms with Gasteiger partial charge >= 0.3 is 0 Å². The lowest BCUT2D eigenvalue weighted by Crippen LogP contribution is -2.35. The Labute approximate surface area is 142 Å². The fourth-order valence-electron chi connectivity index (χ4n) is 2.48. The van der Waals surface area contributed by atoms with E-state index in [-0.39, 0.29) is 18.4 Å². The van der Waals surface area contributed by atoms with E-state index in [1.807, 2.05) is 44.2 Å². The molecule has 0 aliphatic rings. The molecule has 0 saturated heterocycles. The van der Waals surface area contributed by atoms with E-state index >= 15 is 0 Å². The number of hydrogen-bond donors (Lipinski definition) is 2. The molecule has 0 spiro atoms. The van der Waals surface area contributed by atoms with Crippen molar-refractivity contribution in [3.05, 3.63) is 64.7 Å². The van der Waals surface area contributed by atoms with E-state index < -0.39 is 0 Å². The predicted octanol–water partition coefficient (Wildman–Crippen LogP) is 2.47. The Morgan fingerprint density at radius 2 is 1.62 bits per heavy atom. The lowest BCUT2D eigenvalue weighted by molar-refractivity contribution is -0.116. The van der Waals surface area contributed by atoms with Crippen LogP contribution in [-0.2, 0) is 11.3 Å². The van der Waals surface area contributed by atoms with Gasteiger partial charge in [0.2, 0.25) is 5.91 Å². The maximum atomic E-state index is 12.4. The Morgan fingerprint density at radius 1 is 1.04 bits per heavy atom. The number of carbonyl (C=O) groups is 2. The molecule has 5 heteroatoms. The number of hydrogen-bond acceptors (Lipinski definition) is 3. The number of likely N-dealkylation sites (N-methyl/N-ethyl adjacent to an activating group) is 1. The van der Waals surface area contributed by atoms with E-state index in [0.717, 1.165) is 22.4 Å². The summed E-state index contributed by atoms with van der Waals surface area (Å²) in [5.74, 6) is -0.419. The molecule has 2 amide bonds. The zero-order chi connectivity index (χ0) is 17.7. The summed E-state index contributed by atoms with van der Waals surface area (Å²) in [5, 5.41) is 2.88. The Hall–Kier alpha value is -2.66. The molecule has 24 heavy (non-hydrogen) atoms. The molecule has 5 nitrogen and oxygen atoms in total. The third kappa shape index (κ3) is 4.20. The van der Waals surface area contributed by atoms with Gasteiger partial charge in [-0.2, -0.15) is 0 Å². The zero-order valence-corrected chi connectivity index (χ0v) is 14.3. The van der Waals surface area contributed by atoms with Crippen LogP contribution in [0.2, 0.25) is 0 Å². The van der Waals surface area contributed by atoms with Crippen molar-refractivity contribution in [1.82, 2.24) is 4.90 Å². The van der Waals surface area contributed by atoms with E-state index in [4.69, 9.17) is 5.73 Å². The van der Waals surface area contributed by atoms with Gasteiger partial charge in [-0.05, 0) is 42.7 Å². The van der Waals surface area contributed by atoms with Crippen molar-refractivity contribution in [3.8, 4) is 0 Å². The Balaban J connectivity index is 2.01. The standard InChI is InChI=1S/C19H23N3O2/c1-13-5-4-6-14(2)18(13)21-17(23)12-22(3)19(24)16-9-7-15(11-20)8-10-16/h4-10H,11-12,20H2,1-3H3,(H,21,23). The lowest BCUT2D eigenvalue weighted by atomic mass is 10.1. The number of anilines is 1. The van der Waals surface area contributed by atoms with Crippen molar-refractivity contribution in [3.63, 3.8) is 0 Å². The normalized spacial score (nSPS) is 10.3. The highest BCUT2D eigenvalue weighted by molar-refractivity contribution is 5.99. The molecule has 2 aromatic carbocycles. The highest BCUT2D eigenvalue weighted by Crippen LogP contribution is 2.19. The smallest absolute Gasteiger partial charge is 0.254 e. The molecular weight excluding hydrogens is 302 g/mol. The van der Waals surface area contributed by atoms with Gasteiger partial charge in [0.05, 0.1) is 6.54 Å². The number of aryl methyl sites for hydroxylation is 2. The molecule has 3 N–H and O–H groups in total. The van der Waals surface area contributed by atoms with E-state index in [9.17, 15) is 9.59 Å². The third-order valence-corrected chi connectivity index (χ3v) is 3.91. The topological polar surface area (TPSA) is 75.4 Å². The van der Waals surface area contributed by atoms with E-state index in [2.05, 4.69) is 5.32 Å². The second-order valence-corrected chi connectivity index (χ2v) is 5.88. The van der Waals surface area contributed by atoms with Gasteiger partial charge in [0.15, 0.2) is 0 Å². The molecule has 0 aliphatic heterocycles. The number of amides is 2. The second-order valence-electron chi connectivity index (χ2n) is 5.88. The van der Waals surface area contributed by atoms with Crippen LogP contribution in [0.1, 0.15) is 27.0 Å².